The second-order valence-corrected chi connectivity index (χ2v) is 14.7. The summed E-state index contributed by atoms with van der Waals surface area (Å²) in [6, 6.07) is 0. The molecule has 54 heavy (non-hydrogen) atoms. The van der Waals surface area contributed by atoms with Crippen LogP contribution in [0.15, 0.2) is 173 Å². The molecule has 8 bridgehead atoms. The van der Waals surface area contributed by atoms with Gasteiger partial charge in [-0.2, -0.15) is 0 Å². The molecule has 2 atom stereocenters. The number of allylic oxidation sites excluding steroid dienone is 17. The van der Waals surface area contributed by atoms with Crippen molar-refractivity contribution in [3.8, 4) is 0 Å². The van der Waals surface area contributed by atoms with E-state index in [-0.39, 0.29) is 36.4 Å². The van der Waals surface area contributed by atoms with Crippen molar-refractivity contribution in [2.75, 3.05) is 14.2 Å². The molecule has 1 saturated carbocycles. The fourth-order valence-corrected chi connectivity index (χ4v) is 8.35. The number of aliphatic imine (C=N–C) groups is 4. The normalized spacial score (nSPS) is 24.2. The Hall–Kier alpha value is -5.96. The molecule has 7 aliphatic heterocycles. The number of nitrogens with zero attached hydrogens (tertiary/aromatic N) is 6. The minimum absolute atomic E-state index is 0.0420. The van der Waals surface area contributed by atoms with Crippen molar-refractivity contribution in [1.29, 1.82) is 0 Å². The predicted octanol–water partition coefficient (Wildman–Crippen LogP) is 8.39. The highest BCUT2D eigenvalue weighted by Gasteiger charge is 2.42. The molecule has 0 amide bonds. The van der Waals surface area contributed by atoms with E-state index in [4.69, 9.17) is 24.7 Å². The molecule has 0 aromatic rings. The number of fused-ring (bicyclic) bond motifs is 4. The third-order valence-electron chi connectivity index (χ3n) is 11.6. The average Bonchev–Trinajstić information content (AvgIpc) is 3.92. The van der Waals surface area contributed by atoms with Crippen LogP contribution in [0, 0.1) is 11.8 Å². The first-order valence-corrected chi connectivity index (χ1v) is 18.6. The maximum atomic E-state index is 13.7. The van der Waals surface area contributed by atoms with Crippen LogP contribution in [0.1, 0.15) is 60.3 Å². The van der Waals surface area contributed by atoms with Crippen LogP contribution in [-0.4, -0.2) is 58.6 Å². The number of carbonyl (C=O) groups is 2. The highest BCUT2D eigenvalue weighted by molar-refractivity contribution is 6.38. The fourth-order valence-electron chi connectivity index (χ4n) is 8.35. The highest BCUT2D eigenvalue weighted by atomic mass is 16.5. The lowest BCUT2D eigenvalue weighted by Gasteiger charge is -2.24. The number of hydrogen-bond donors (Lipinski definition) is 0. The van der Waals surface area contributed by atoms with Gasteiger partial charge in [0.25, 0.3) is 0 Å². The van der Waals surface area contributed by atoms with Crippen LogP contribution < -0.4 is 0 Å². The van der Waals surface area contributed by atoms with Gasteiger partial charge in [0.15, 0.2) is 5.78 Å². The van der Waals surface area contributed by atoms with Crippen LogP contribution in [0.3, 0.4) is 0 Å². The zero-order chi connectivity index (χ0) is 38.0. The Kier molecular flexibility index (Phi) is 8.75. The van der Waals surface area contributed by atoms with Gasteiger partial charge >= 0.3 is 5.97 Å². The van der Waals surface area contributed by atoms with E-state index in [2.05, 4.69) is 70.7 Å². The third kappa shape index (κ3) is 5.79. The summed E-state index contributed by atoms with van der Waals surface area (Å²) in [4.78, 5) is 50.9. The molecule has 9 nitrogen and oxygen atoms in total. The quantitative estimate of drug-likeness (QED) is 0.257. The molecular weight excluding hydrogens is 673 g/mol. The van der Waals surface area contributed by atoms with Crippen molar-refractivity contribution < 1.29 is 14.3 Å². The van der Waals surface area contributed by atoms with E-state index in [9.17, 15) is 9.59 Å². The summed E-state index contributed by atoms with van der Waals surface area (Å²) >= 11 is 0. The lowest BCUT2D eigenvalue weighted by molar-refractivity contribution is -0.140. The van der Waals surface area contributed by atoms with Gasteiger partial charge in [-0.3, -0.25) is 14.6 Å². The monoisotopic (exact) mass is 716 g/mol. The number of ether oxygens (including phenoxy) is 1. The van der Waals surface area contributed by atoms with Crippen molar-refractivity contribution in [2.24, 2.45) is 31.8 Å². The Morgan fingerprint density at radius 2 is 1.50 bits per heavy atom. The first-order valence-electron chi connectivity index (χ1n) is 18.6. The number of hydrogen-bond acceptors (Lipinski definition) is 9. The van der Waals surface area contributed by atoms with Gasteiger partial charge in [-0.15, -0.1) is 0 Å². The second kappa shape index (κ2) is 13.5. The molecule has 0 unspecified atom stereocenters. The van der Waals surface area contributed by atoms with Gasteiger partial charge in [-0.1, -0.05) is 20.4 Å². The average molecular weight is 717 g/mol. The Morgan fingerprint density at radius 3 is 2.19 bits per heavy atom. The van der Waals surface area contributed by atoms with Gasteiger partial charge in [-0.05, 0) is 110 Å². The van der Waals surface area contributed by atoms with E-state index in [0.29, 0.717) is 17.7 Å². The number of rotatable bonds is 6. The van der Waals surface area contributed by atoms with Gasteiger partial charge < -0.3 is 14.5 Å². The molecule has 0 aromatic carbocycles. The summed E-state index contributed by atoms with van der Waals surface area (Å²) in [5, 5.41) is 0. The van der Waals surface area contributed by atoms with E-state index < -0.39 is 0 Å². The zero-order valence-corrected chi connectivity index (χ0v) is 31.9. The van der Waals surface area contributed by atoms with Gasteiger partial charge in [0, 0.05) is 84.7 Å². The maximum absolute atomic E-state index is 13.7. The lowest BCUT2D eigenvalue weighted by Crippen LogP contribution is -2.17. The molecule has 0 spiro atoms. The van der Waals surface area contributed by atoms with Crippen molar-refractivity contribution in [3.63, 3.8) is 0 Å². The lowest BCUT2D eigenvalue weighted by atomic mass is 9.84. The highest BCUT2D eigenvalue weighted by Crippen LogP contribution is 2.45. The number of carbonyl (C=O) groups excluding carboxylic acids is 2. The van der Waals surface area contributed by atoms with Crippen molar-refractivity contribution in [2.45, 2.75) is 60.3 Å². The second-order valence-electron chi connectivity index (χ2n) is 14.7. The molecule has 0 N–H and O–H groups in total. The van der Waals surface area contributed by atoms with Crippen LogP contribution in [0.2, 0.25) is 0 Å². The molecule has 0 radical (unpaired) electrons. The predicted molar refractivity (Wildman–Crippen MR) is 215 cm³/mol. The maximum Gasteiger partial charge on any atom is 0.305 e. The molecule has 1 aliphatic carbocycles. The number of Topliss-reactive ketones (excluding diaryl/α,β-unsaturated/α-hetero) is 1. The van der Waals surface area contributed by atoms with Gasteiger partial charge in [0.2, 0.25) is 0 Å². The molecule has 8 rings (SSSR count). The molecule has 9 heteroatoms. The smallest absolute Gasteiger partial charge is 0.305 e. The van der Waals surface area contributed by atoms with E-state index >= 15 is 0 Å². The van der Waals surface area contributed by atoms with Crippen LogP contribution in [0.4, 0.5) is 0 Å². The summed E-state index contributed by atoms with van der Waals surface area (Å²) in [6.45, 7) is 15.0. The topological polar surface area (TPSA) is 99.3 Å². The Bertz CT molecular complexity index is 2350. The van der Waals surface area contributed by atoms with E-state index in [1.54, 1.807) is 0 Å². The fraction of sp³-hybridized carbons (Fsp3) is 0.289. The third-order valence-corrected chi connectivity index (χ3v) is 11.6. The molecule has 0 saturated heterocycles. The summed E-state index contributed by atoms with van der Waals surface area (Å²) in [7, 11) is 3.42. The molecule has 1 fully saturated rings. The standard InChI is InChI=1S/C45H44N6O3/c1-9-31-24(2)34-23-39-42(28(6)51-18-14-30(15-19-51)29-12-16-50(7)17-13-29)26(4)36(47-39)21-35-25(3)32(10-11-41(53)54-8)44(48-35)33-20-40(52)43-27(5)37(49-45(33)43)22-38(31)46-34/h12-19,21-23,25,32H,6,9-11,20H2,1-5,7-8H3/t25-,32-/m0/s1. The summed E-state index contributed by atoms with van der Waals surface area (Å²) in [5.74, 6) is -0.367. The Labute approximate surface area is 316 Å². The van der Waals surface area contributed by atoms with Gasteiger partial charge in [0.1, 0.15) is 0 Å². The van der Waals surface area contributed by atoms with Crippen molar-refractivity contribution >= 4 is 34.6 Å². The van der Waals surface area contributed by atoms with Crippen molar-refractivity contribution in [3.05, 3.63) is 153 Å². The van der Waals surface area contributed by atoms with Crippen LogP contribution in [0.25, 0.3) is 0 Å². The zero-order valence-electron chi connectivity index (χ0n) is 31.9. The molecular formula is C45H44N6O3. The first-order chi connectivity index (χ1) is 26.0. The van der Waals surface area contributed by atoms with Gasteiger partial charge in [0.05, 0.1) is 47.0 Å². The van der Waals surface area contributed by atoms with Gasteiger partial charge in [-0.25, -0.2) is 15.0 Å². The largest absolute Gasteiger partial charge is 0.469 e. The summed E-state index contributed by atoms with van der Waals surface area (Å²) in [5.41, 5.74) is 15.9. The number of methoxy groups -OCH3 is 1. The minimum Gasteiger partial charge on any atom is -0.469 e. The van der Waals surface area contributed by atoms with Crippen LogP contribution in [-0.2, 0) is 14.3 Å². The van der Waals surface area contributed by atoms with E-state index in [1.807, 2.05) is 54.6 Å². The van der Waals surface area contributed by atoms with Crippen molar-refractivity contribution in [1.82, 2.24) is 9.80 Å². The number of esters is 1. The van der Waals surface area contributed by atoms with E-state index in [0.717, 1.165) is 96.6 Å². The number of ketones is 1. The van der Waals surface area contributed by atoms with Crippen LogP contribution >= 0.6 is 0 Å². The first kappa shape index (κ1) is 35.1. The van der Waals surface area contributed by atoms with E-state index in [1.165, 1.54) is 7.11 Å². The van der Waals surface area contributed by atoms with Crippen LogP contribution in [0.5, 0.6) is 0 Å². The molecule has 0 aromatic heterocycles. The molecule has 272 valence electrons. The SMILES string of the molecule is C=C(C1=C(C)C2=CC3=NC(=C4CC(=O)C5=C(C)C(=CC6=NC(=CC1=N2)C(C)=C6CC)N=C45)[C@@H](CCC(=O)OC)[C@@H]3C)N1C=CC(=C2C=CN(C)C=C2)C=C1. The molecule has 8 aliphatic rings. The Morgan fingerprint density at radius 1 is 0.870 bits per heavy atom. The minimum atomic E-state index is -0.270. The molecule has 7 heterocycles. The Balaban J connectivity index is 1.28. The summed E-state index contributed by atoms with van der Waals surface area (Å²) < 4.78 is 5.03. The summed E-state index contributed by atoms with van der Waals surface area (Å²) in [6.07, 6.45) is 24.6.